The highest BCUT2D eigenvalue weighted by Crippen LogP contribution is 2.24. The summed E-state index contributed by atoms with van der Waals surface area (Å²) in [7, 11) is 0. The molecule has 1 atom stereocenters. The van der Waals surface area contributed by atoms with Gasteiger partial charge in [0.25, 0.3) is 0 Å². The summed E-state index contributed by atoms with van der Waals surface area (Å²) in [5, 5.41) is 3.83. The predicted octanol–water partition coefficient (Wildman–Crippen LogP) is 3.91. The molecule has 1 aliphatic rings. The number of pyridine rings is 1. The molecule has 1 aromatic carbocycles. The fraction of sp³-hybridized carbons (Fsp3) is 0.400. The average molecular weight is 374 g/mol. The van der Waals surface area contributed by atoms with Gasteiger partial charge in [0, 0.05) is 31.9 Å². The van der Waals surface area contributed by atoms with E-state index in [0.717, 1.165) is 26.1 Å². The zero-order valence-electron chi connectivity index (χ0n) is 15.2. The van der Waals surface area contributed by atoms with Crippen molar-refractivity contribution >= 4 is 23.4 Å². The Kier molecular flexibility index (Phi) is 6.12. The lowest BCUT2D eigenvalue weighted by atomic mass is 10.1. The van der Waals surface area contributed by atoms with E-state index in [-0.39, 0.29) is 0 Å². The smallest absolute Gasteiger partial charge is 0.339 e. The van der Waals surface area contributed by atoms with Crippen LogP contribution in [0, 0.1) is 6.92 Å². The van der Waals surface area contributed by atoms with Crippen molar-refractivity contribution in [3.63, 3.8) is 0 Å². The van der Waals surface area contributed by atoms with Crippen molar-refractivity contribution < 1.29 is 9.53 Å². The fourth-order valence-corrected chi connectivity index (χ4v) is 3.33. The van der Waals surface area contributed by atoms with Gasteiger partial charge in [-0.2, -0.15) is 0 Å². The third-order valence-electron chi connectivity index (χ3n) is 4.49. The third-order valence-corrected chi connectivity index (χ3v) is 4.78. The number of halogens is 1. The van der Waals surface area contributed by atoms with Gasteiger partial charge in [-0.1, -0.05) is 41.4 Å². The van der Waals surface area contributed by atoms with Crippen LogP contribution in [0.25, 0.3) is 0 Å². The van der Waals surface area contributed by atoms with E-state index in [1.165, 1.54) is 17.3 Å². The fourth-order valence-electron chi connectivity index (χ4n) is 3.11. The number of nitrogens with one attached hydrogen (secondary N) is 1. The molecule has 5 nitrogen and oxygen atoms in total. The number of benzene rings is 1. The molecule has 2 aromatic rings. The predicted molar refractivity (Wildman–Crippen MR) is 104 cm³/mol. The van der Waals surface area contributed by atoms with Crippen molar-refractivity contribution in [2.75, 3.05) is 25.0 Å². The van der Waals surface area contributed by atoms with E-state index in [2.05, 4.69) is 46.4 Å². The van der Waals surface area contributed by atoms with Gasteiger partial charge in [0.05, 0.1) is 17.2 Å². The summed E-state index contributed by atoms with van der Waals surface area (Å²) in [6, 6.07) is 10.6. The summed E-state index contributed by atoms with van der Waals surface area (Å²) in [5.74, 6) is 0.209. The average Bonchev–Trinajstić information content (AvgIpc) is 3.06. The Morgan fingerprint density at radius 2 is 2.15 bits per heavy atom. The molecule has 1 fully saturated rings. The van der Waals surface area contributed by atoms with Gasteiger partial charge in [0.1, 0.15) is 5.82 Å². The number of likely N-dealkylation sites (tertiary alicyclic amines) is 1. The molecule has 0 bridgehead atoms. The van der Waals surface area contributed by atoms with E-state index in [0.29, 0.717) is 29.1 Å². The second kappa shape index (κ2) is 8.52. The number of ether oxygens (including phenoxy) is 1. The quantitative estimate of drug-likeness (QED) is 0.778. The van der Waals surface area contributed by atoms with E-state index < -0.39 is 5.97 Å². The number of aromatic nitrogens is 1. The van der Waals surface area contributed by atoms with Crippen LogP contribution in [-0.4, -0.2) is 41.6 Å². The molecule has 0 radical (unpaired) electrons. The van der Waals surface area contributed by atoms with Crippen molar-refractivity contribution in [1.29, 1.82) is 0 Å². The summed E-state index contributed by atoms with van der Waals surface area (Å²) >= 11 is 6.29. The molecule has 0 saturated carbocycles. The maximum Gasteiger partial charge on any atom is 0.339 e. The normalized spacial score (nSPS) is 17.3. The van der Waals surface area contributed by atoms with E-state index in [4.69, 9.17) is 16.3 Å². The first-order valence-corrected chi connectivity index (χ1v) is 9.30. The van der Waals surface area contributed by atoms with Gasteiger partial charge < -0.3 is 10.1 Å². The molecule has 0 unspecified atom stereocenters. The Hall–Kier alpha value is -2.11. The van der Waals surface area contributed by atoms with Gasteiger partial charge in [-0.25, -0.2) is 9.78 Å². The Morgan fingerprint density at radius 1 is 1.38 bits per heavy atom. The van der Waals surface area contributed by atoms with Crippen molar-refractivity contribution in [2.45, 2.75) is 32.9 Å². The van der Waals surface area contributed by atoms with Gasteiger partial charge in [-0.05, 0) is 31.9 Å². The number of aryl methyl sites for hydroxylation is 1. The number of esters is 1. The topological polar surface area (TPSA) is 54.5 Å². The van der Waals surface area contributed by atoms with E-state index in [1.54, 1.807) is 13.0 Å². The first-order chi connectivity index (χ1) is 12.5. The van der Waals surface area contributed by atoms with E-state index >= 15 is 0 Å². The van der Waals surface area contributed by atoms with Gasteiger partial charge in [0.15, 0.2) is 0 Å². The molecule has 6 heteroatoms. The molecule has 1 aromatic heterocycles. The summed E-state index contributed by atoms with van der Waals surface area (Å²) < 4.78 is 4.97. The maximum atomic E-state index is 11.7. The van der Waals surface area contributed by atoms with Gasteiger partial charge in [-0.15, -0.1) is 0 Å². The maximum absolute atomic E-state index is 11.7. The molecule has 2 heterocycles. The zero-order chi connectivity index (χ0) is 18.5. The largest absolute Gasteiger partial charge is 0.462 e. The highest BCUT2D eigenvalue weighted by molar-refractivity contribution is 6.33. The minimum atomic E-state index is -0.404. The van der Waals surface area contributed by atoms with Crippen molar-refractivity contribution in [1.82, 2.24) is 9.88 Å². The molecular formula is C20H24ClN3O2. The first-order valence-electron chi connectivity index (χ1n) is 8.92. The van der Waals surface area contributed by atoms with Crippen LogP contribution in [0.5, 0.6) is 0 Å². The minimum Gasteiger partial charge on any atom is -0.462 e. The first kappa shape index (κ1) is 18.7. The molecule has 26 heavy (non-hydrogen) atoms. The number of nitrogens with zero attached hydrogens (tertiary/aromatic N) is 2. The molecule has 1 N–H and O–H groups in total. The Labute approximate surface area is 159 Å². The molecule has 3 rings (SSSR count). The number of anilines is 1. The summed E-state index contributed by atoms with van der Waals surface area (Å²) in [5.41, 5.74) is 2.97. The number of rotatable bonds is 6. The SMILES string of the molecule is CCOC(=O)c1cnc(N[C@@H]2CCN(Cc3ccc(C)cc3)C2)c(Cl)c1. The number of hydrogen-bond acceptors (Lipinski definition) is 5. The van der Waals surface area contributed by atoms with Crippen LogP contribution in [-0.2, 0) is 11.3 Å². The van der Waals surface area contributed by atoms with E-state index in [1.807, 2.05) is 0 Å². The van der Waals surface area contributed by atoms with Crippen LogP contribution < -0.4 is 5.32 Å². The van der Waals surface area contributed by atoms with Crippen LogP contribution in [0.15, 0.2) is 36.5 Å². The zero-order valence-corrected chi connectivity index (χ0v) is 15.9. The highest BCUT2D eigenvalue weighted by atomic mass is 35.5. The van der Waals surface area contributed by atoms with Crippen molar-refractivity contribution in [3.05, 3.63) is 58.2 Å². The van der Waals surface area contributed by atoms with Crippen molar-refractivity contribution in [2.24, 2.45) is 0 Å². The lowest BCUT2D eigenvalue weighted by molar-refractivity contribution is 0.0526. The lowest BCUT2D eigenvalue weighted by Gasteiger charge is -2.18. The summed E-state index contributed by atoms with van der Waals surface area (Å²) in [6.07, 6.45) is 2.54. The molecule has 0 spiro atoms. The highest BCUT2D eigenvalue weighted by Gasteiger charge is 2.23. The lowest BCUT2D eigenvalue weighted by Crippen LogP contribution is -2.26. The molecular weight excluding hydrogens is 350 g/mol. The molecule has 1 aliphatic heterocycles. The van der Waals surface area contributed by atoms with E-state index in [9.17, 15) is 4.79 Å². The Balaban J connectivity index is 1.56. The van der Waals surface area contributed by atoms with Gasteiger partial charge in [0.2, 0.25) is 0 Å². The Morgan fingerprint density at radius 3 is 2.85 bits per heavy atom. The Bertz CT molecular complexity index is 764. The number of carbonyl (C=O) groups excluding carboxylic acids is 1. The number of carbonyl (C=O) groups is 1. The second-order valence-electron chi connectivity index (χ2n) is 6.63. The standard InChI is InChI=1S/C20H24ClN3O2/c1-3-26-20(25)16-10-18(21)19(22-11-16)23-17-8-9-24(13-17)12-15-6-4-14(2)5-7-15/h4-7,10-11,17H,3,8-9,12-13H2,1-2H3,(H,22,23)/t17-/m1/s1. The molecule has 0 amide bonds. The number of hydrogen-bond donors (Lipinski definition) is 1. The molecule has 1 saturated heterocycles. The van der Waals surface area contributed by atoms with Gasteiger partial charge >= 0.3 is 5.97 Å². The third kappa shape index (κ3) is 4.74. The van der Waals surface area contributed by atoms with Gasteiger partial charge in [-0.3, -0.25) is 4.90 Å². The van der Waals surface area contributed by atoms with Crippen molar-refractivity contribution in [3.8, 4) is 0 Å². The minimum absolute atomic E-state index is 0.291. The van der Waals surface area contributed by atoms with Crippen LogP contribution in [0.1, 0.15) is 34.8 Å². The van der Waals surface area contributed by atoms with Crippen LogP contribution in [0.2, 0.25) is 5.02 Å². The summed E-state index contributed by atoms with van der Waals surface area (Å²) in [6.45, 7) is 7.11. The van der Waals surface area contributed by atoms with Crippen LogP contribution in [0.3, 0.4) is 0 Å². The monoisotopic (exact) mass is 373 g/mol. The van der Waals surface area contributed by atoms with Crippen LogP contribution in [0.4, 0.5) is 5.82 Å². The second-order valence-corrected chi connectivity index (χ2v) is 7.03. The summed E-state index contributed by atoms with van der Waals surface area (Å²) in [4.78, 5) is 18.5. The van der Waals surface area contributed by atoms with Crippen LogP contribution >= 0.6 is 11.6 Å². The molecule has 138 valence electrons. The molecule has 0 aliphatic carbocycles.